The fourth-order valence-electron chi connectivity index (χ4n) is 2.39. The van der Waals surface area contributed by atoms with E-state index in [-0.39, 0.29) is 17.8 Å². The van der Waals surface area contributed by atoms with Crippen molar-refractivity contribution in [3.63, 3.8) is 0 Å². The van der Waals surface area contributed by atoms with E-state index in [4.69, 9.17) is 4.74 Å². The van der Waals surface area contributed by atoms with Gasteiger partial charge in [0.1, 0.15) is 5.78 Å². The van der Waals surface area contributed by atoms with Crippen LogP contribution in [-0.4, -0.2) is 12.4 Å². The van der Waals surface area contributed by atoms with E-state index in [2.05, 4.69) is 38.1 Å². The van der Waals surface area contributed by atoms with E-state index in [1.807, 2.05) is 13.0 Å². The lowest BCUT2D eigenvalue weighted by Crippen LogP contribution is -2.16. The zero-order valence-electron chi connectivity index (χ0n) is 13.3. The molecular weight excluding hydrogens is 248 g/mol. The van der Waals surface area contributed by atoms with Crippen molar-refractivity contribution in [3.8, 4) is 0 Å². The van der Waals surface area contributed by atoms with Crippen LogP contribution in [0.2, 0.25) is 0 Å². The van der Waals surface area contributed by atoms with Crippen molar-refractivity contribution in [2.24, 2.45) is 11.8 Å². The van der Waals surface area contributed by atoms with Crippen molar-refractivity contribution in [3.05, 3.63) is 35.9 Å². The van der Waals surface area contributed by atoms with Crippen LogP contribution >= 0.6 is 0 Å². The Hall–Kier alpha value is -1.15. The zero-order chi connectivity index (χ0) is 15.0. The average Bonchev–Trinajstić information content (AvgIpc) is 2.44. The minimum Gasteiger partial charge on any atom is -0.373 e. The van der Waals surface area contributed by atoms with Gasteiger partial charge in [-0.15, -0.1) is 0 Å². The van der Waals surface area contributed by atoms with Gasteiger partial charge in [0, 0.05) is 12.5 Å². The third-order valence-corrected chi connectivity index (χ3v) is 3.75. The van der Waals surface area contributed by atoms with Gasteiger partial charge in [-0.1, -0.05) is 57.5 Å². The van der Waals surface area contributed by atoms with E-state index in [9.17, 15) is 4.79 Å². The second-order valence-electron chi connectivity index (χ2n) is 5.87. The molecule has 112 valence electrons. The van der Waals surface area contributed by atoms with Crippen molar-refractivity contribution in [2.45, 2.75) is 53.1 Å². The molecule has 0 fully saturated rings. The van der Waals surface area contributed by atoms with E-state index in [0.29, 0.717) is 5.92 Å². The van der Waals surface area contributed by atoms with Gasteiger partial charge in [0.25, 0.3) is 0 Å². The Labute approximate surface area is 123 Å². The molecular formula is C18H28O2. The Bertz CT molecular complexity index is 386. The van der Waals surface area contributed by atoms with E-state index in [1.54, 1.807) is 6.92 Å². The maximum atomic E-state index is 11.3. The van der Waals surface area contributed by atoms with Gasteiger partial charge < -0.3 is 4.74 Å². The molecule has 0 aliphatic heterocycles. The predicted octanol–water partition coefficient (Wildman–Crippen LogP) is 4.80. The third kappa shape index (κ3) is 5.87. The maximum absolute atomic E-state index is 11.3. The number of hydrogen-bond acceptors (Lipinski definition) is 2. The zero-order valence-corrected chi connectivity index (χ0v) is 13.3. The highest BCUT2D eigenvalue weighted by atomic mass is 16.5. The lowest BCUT2D eigenvalue weighted by atomic mass is 9.95. The number of carbonyl (C=O) groups excluding carboxylic acids is 1. The molecule has 0 heterocycles. The summed E-state index contributed by atoms with van der Waals surface area (Å²) in [7, 11) is 0. The highest BCUT2D eigenvalue weighted by Gasteiger charge is 2.16. The van der Waals surface area contributed by atoms with Crippen molar-refractivity contribution >= 4 is 5.78 Å². The summed E-state index contributed by atoms with van der Waals surface area (Å²) in [6.07, 6.45) is 3.23. The largest absolute Gasteiger partial charge is 0.373 e. The van der Waals surface area contributed by atoms with Crippen LogP contribution in [0, 0.1) is 11.8 Å². The standard InChI is InChI=1S/C18H28O2/c1-5-9-18(17-10-7-6-8-11-17)20-13-14(2)12-15(3)16(4)19/h6-8,10-11,14-15,18H,5,9,12-13H2,1-4H3. The molecule has 0 aliphatic rings. The van der Waals surface area contributed by atoms with E-state index in [1.165, 1.54) is 5.56 Å². The maximum Gasteiger partial charge on any atom is 0.132 e. The Balaban J connectivity index is 2.49. The number of benzene rings is 1. The number of carbonyl (C=O) groups is 1. The normalized spacial score (nSPS) is 15.6. The summed E-state index contributed by atoms with van der Waals surface area (Å²) in [5.74, 6) is 0.817. The minimum absolute atomic E-state index is 0.134. The first-order chi connectivity index (χ1) is 9.54. The molecule has 1 rings (SSSR count). The molecule has 1 aromatic rings. The highest BCUT2D eigenvalue weighted by molar-refractivity contribution is 5.77. The number of rotatable bonds is 9. The molecule has 1 aromatic carbocycles. The first-order valence-electron chi connectivity index (χ1n) is 7.71. The third-order valence-electron chi connectivity index (χ3n) is 3.75. The van der Waals surface area contributed by atoms with Gasteiger partial charge in [-0.05, 0) is 31.2 Å². The smallest absolute Gasteiger partial charge is 0.132 e. The van der Waals surface area contributed by atoms with E-state index in [0.717, 1.165) is 25.9 Å². The lowest BCUT2D eigenvalue weighted by Gasteiger charge is -2.21. The van der Waals surface area contributed by atoms with Crippen molar-refractivity contribution < 1.29 is 9.53 Å². The molecule has 0 saturated carbocycles. The second kappa shape index (κ2) is 8.91. The molecule has 0 aromatic heterocycles. The Morgan fingerprint density at radius 1 is 1.20 bits per heavy atom. The van der Waals surface area contributed by atoms with Gasteiger partial charge in [-0.3, -0.25) is 4.79 Å². The van der Waals surface area contributed by atoms with Gasteiger partial charge >= 0.3 is 0 Å². The number of Topliss-reactive ketones (excluding diaryl/α,β-unsaturated/α-hetero) is 1. The summed E-state index contributed by atoms with van der Waals surface area (Å²) in [5.41, 5.74) is 1.25. The predicted molar refractivity (Wildman–Crippen MR) is 83.7 cm³/mol. The van der Waals surface area contributed by atoms with Crippen LogP contribution in [-0.2, 0) is 9.53 Å². The minimum atomic E-state index is 0.134. The van der Waals surface area contributed by atoms with Crippen LogP contribution in [0.4, 0.5) is 0 Å². The van der Waals surface area contributed by atoms with Crippen LogP contribution in [0.25, 0.3) is 0 Å². The van der Waals surface area contributed by atoms with Gasteiger partial charge in [-0.25, -0.2) is 0 Å². The SMILES string of the molecule is CCCC(OCC(C)CC(C)C(C)=O)c1ccccc1. The molecule has 0 radical (unpaired) electrons. The molecule has 0 spiro atoms. The average molecular weight is 276 g/mol. The first-order valence-corrected chi connectivity index (χ1v) is 7.71. The van der Waals surface area contributed by atoms with Crippen LogP contribution in [0.1, 0.15) is 58.6 Å². The quantitative estimate of drug-likeness (QED) is 0.648. The topological polar surface area (TPSA) is 26.3 Å². The first kappa shape index (κ1) is 16.9. The number of ether oxygens (including phenoxy) is 1. The summed E-state index contributed by atoms with van der Waals surface area (Å²) >= 11 is 0. The molecule has 0 aliphatic carbocycles. The van der Waals surface area contributed by atoms with E-state index >= 15 is 0 Å². The van der Waals surface area contributed by atoms with Gasteiger partial charge in [-0.2, -0.15) is 0 Å². The molecule has 2 heteroatoms. The summed E-state index contributed by atoms with van der Waals surface area (Å²) in [6.45, 7) is 8.73. The summed E-state index contributed by atoms with van der Waals surface area (Å²) in [4.78, 5) is 11.3. The second-order valence-corrected chi connectivity index (χ2v) is 5.87. The summed E-state index contributed by atoms with van der Waals surface area (Å²) < 4.78 is 6.10. The summed E-state index contributed by atoms with van der Waals surface area (Å²) in [5, 5.41) is 0. The van der Waals surface area contributed by atoms with Crippen molar-refractivity contribution in [2.75, 3.05) is 6.61 Å². The van der Waals surface area contributed by atoms with Crippen LogP contribution in [0.15, 0.2) is 30.3 Å². The molecule has 3 unspecified atom stereocenters. The highest BCUT2D eigenvalue weighted by Crippen LogP contribution is 2.24. The molecule has 0 bridgehead atoms. The van der Waals surface area contributed by atoms with Gasteiger partial charge in [0.2, 0.25) is 0 Å². The molecule has 0 amide bonds. The number of hydrogen-bond donors (Lipinski definition) is 0. The monoisotopic (exact) mass is 276 g/mol. The van der Waals surface area contributed by atoms with Crippen molar-refractivity contribution in [1.82, 2.24) is 0 Å². The Morgan fingerprint density at radius 2 is 1.85 bits per heavy atom. The van der Waals surface area contributed by atoms with Gasteiger partial charge in [0.05, 0.1) is 6.10 Å². The van der Waals surface area contributed by atoms with E-state index < -0.39 is 0 Å². The number of ketones is 1. The molecule has 2 nitrogen and oxygen atoms in total. The molecule has 3 atom stereocenters. The van der Waals surface area contributed by atoms with Crippen molar-refractivity contribution in [1.29, 1.82) is 0 Å². The molecule has 0 N–H and O–H groups in total. The fourth-order valence-corrected chi connectivity index (χ4v) is 2.39. The Kier molecular flexibility index (Phi) is 7.53. The van der Waals surface area contributed by atoms with Crippen LogP contribution in [0.3, 0.4) is 0 Å². The molecule has 20 heavy (non-hydrogen) atoms. The fraction of sp³-hybridized carbons (Fsp3) is 0.611. The molecule has 0 saturated heterocycles. The van der Waals surface area contributed by atoms with Gasteiger partial charge in [0.15, 0.2) is 0 Å². The van der Waals surface area contributed by atoms with Crippen LogP contribution < -0.4 is 0 Å². The Morgan fingerprint density at radius 3 is 2.40 bits per heavy atom. The lowest BCUT2D eigenvalue weighted by molar-refractivity contribution is -0.120. The summed E-state index contributed by atoms with van der Waals surface area (Å²) in [6, 6.07) is 10.4. The van der Waals surface area contributed by atoms with Crippen LogP contribution in [0.5, 0.6) is 0 Å².